The molecule has 77 heavy (non-hydrogen) atoms. The number of halogens is 7. The first kappa shape index (κ1) is 62.6. The fourth-order valence-corrected chi connectivity index (χ4v) is 17.6. The van der Waals surface area contributed by atoms with Crippen LogP contribution < -0.4 is 15.2 Å². The van der Waals surface area contributed by atoms with Gasteiger partial charge >= 0.3 is 17.9 Å². The van der Waals surface area contributed by atoms with E-state index in [2.05, 4.69) is 9.44 Å². The van der Waals surface area contributed by atoms with Crippen molar-refractivity contribution < 1.29 is 54.2 Å². The summed E-state index contributed by atoms with van der Waals surface area (Å²) < 4.78 is 87.4. The molecular weight excluding hydrogens is 1260 g/mol. The monoisotopic (exact) mass is 1310 g/mol. The van der Waals surface area contributed by atoms with Crippen molar-refractivity contribution in [1.29, 1.82) is 0 Å². The zero-order valence-electron chi connectivity index (χ0n) is 40.7. The Bertz CT molecular complexity index is 3490. The van der Waals surface area contributed by atoms with Crippen LogP contribution in [0.4, 0.5) is 15.0 Å². The number of fused-ring (bicyclic) bond motifs is 3. The van der Waals surface area contributed by atoms with Gasteiger partial charge in [-0.1, -0.05) is 69.6 Å². The second-order valence-corrected chi connectivity index (χ2v) is 28.9. The largest absolute Gasteiger partial charge is 0.478 e. The van der Waals surface area contributed by atoms with Gasteiger partial charge in [-0.15, -0.1) is 34.0 Å². The predicted molar refractivity (Wildman–Crippen MR) is 310 cm³/mol. The number of nitrogens with two attached hydrogens (primary N) is 1. The minimum absolute atomic E-state index is 0.0476. The number of carboxylic acid groups (broad SMARTS) is 1. The molecule has 9 rings (SSSR count). The van der Waals surface area contributed by atoms with Crippen molar-refractivity contribution in [2.45, 2.75) is 106 Å². The average Bonchev–Trinajstić information content (AvgIpc) is 4.00. The summed E-state index contributed by atoms with van der Waals surface area (Å²) in [4.78, 5) is 38.7. The first-order chi connectivity index (χ1) is 36.2. The quantitative estimate of drug-likeness (QED) is 0.0659. The number of nitrogens with one attached hydrogen (secondary N) is 2. The lowest BCUT2D eigenvalue weighted by atomic mass is 9.95. The van der Waals surface area contributed by atoms with Crippen molar-refractivity contribution in [2.24, 2.45) is 0 Å². The third-order valence-electron chi connectivity index (χ3n) is 11.6. The zero-order valence-corrected chi connectivity index (χ0v) is 50.9. The molecule has 3 aromatic carbocycles. The number of aromatic carboxylic acids is 1. The first-order valence-electron chi connectivity index (χ1n) is 23.4. The molecule has 3 aromatic heterocycles. The van der Waals surface area contributed by atoms with Gasteiger partial charge in [0.05, 0.1) is 44.6 Å². The second-order valence-electron chi connectivity index (χ2n) is 17.0. The minimum atomic E-state index is -3.99. The van der Waals surface area contributed by atoms with E-state index in [1.165, 1.54) is 88.6 Å². The Morgan fingerprint density at radius 1 is 0.506 bits per heavy atom. The molecule has 0 bridgehead atoms. The van der Waals surface area contributed by atoms with E-state index in [0.717, 1.165) is 90.7 Å². The summed E-state index contributed by atoms with van der Waals surface area (Å²) in [7, 11) is -6.62. The number of nitrogen functional groups attached to an aromatic ring is 1. The van der Waals surface area contributed by atoms with Crippen LogP contribution in [0.25, 0.3) is 0 Å². The molecule has 0 aliphatic heterocycles. The lowest BCUT2D eigenvalue weighted by Gasteiger charge is -2.12. The van der Waals surface area contributed by atoms with Crippen LogP contribution in [0.3, 0.4) is 0 Å². The van der Waals surface area contributed by atoms with Gasteiger partial charge in [-0.25, -0.2) is 39.6 Å². The number of sulfonamides is 2. The Morgan fingerprint density at radius 2 is 0.818 bits per heavy atom. The number of carbonyl (C=O) groups is 3. The number of esters is 2. The molecule has 0 saturated carbocycles. The van der Waals surface area contributed by atoms with E-state index in [1.807, 2.05) is 6.92 Å². The van der Waals surface area contributed by atoms with Gasteiger partial charge in [0, 0.05) is 55.4 Å². The van der Waals surface area contributed by atoms with Gasteiger partial charge < -0.3 is 20.3 Å². The van der Waals surface area contributed by atoms with E-state index in [0.29, 0.717) is 29.2 Å². The normalized spacial score (nSPS) is 13.8. The molecule has 0 unspecified atom stereocenters. The number of benzene rings is 3. The standard InChI is InChI=1S/C17H17Cl2NO4S2.C15H13Cl2NO4S2.C11H15NO2S.C6H3Cl3O2S/c1-2-24-17(21)15-13-5-3-4-6-14(13)25-16(15)20-26(22,23)12-8-10(18)7-11(19)9-12;16-8-5-9(17)7-10(6-8)24(21,22)18-14-13(15(19)20)11-3-1-2-4-12(11)23-14;1-2-14-11(13)9-7-5-3-4-6-8(7)15-10(9)12;7-4-1-5(8)3-6(2-4)12(9,10)11/h7-9,20H,2-6H2,1H3;5-7,18H,1-4H2,(H,19,20);2-6,12H2,1H3;1-3H. The van der Waals surface area contributed by atoms with Crippen molar-refractivity contribution in [1.82, 2.24) is 0 Å². The molecule has 416 valence electrons. The minimum Gasteiger partial charge on any atom is -0.478 e. The van der Waals surface area contributed by atoms with E-state index in [9.17, 15) is 44.7 Å². The molecule has 5 N–H and O–H groups in total. The maximum absolute atomic E-state index is 12.8. The molecule has 0 amide bonds. The number of rotatable bonds is 12. The molecular formula is C49H48Cl7N3O12S6. The number of ether oxygens (including phenoxy) is 2. The van der Waals surface area contributed by atoms with Crippen LogP contribution in [0.15, 0.2) is 69.3 Å². The van der Waals surface area contributed by atoms with Crippen LogP contribution >= 0.6 is 114 Å². The smallest absolute Gasteiger partial charge is 0.341 e. The molecule has 3 aliphatic rings. The Morgan fingerprint density at radius 3 is 1.18 bits per heavy atom. The SMILES string of the molecule is CCOC(=O)c1c(N)sc2c1CCCC2.CCOC(=O)c1c(NS(=O)(=O)c2cc(Cl)cc(Cl)c2)sc2c1CCCC2.O=C(O)c1c(NS(=O)(=O)c2cc(Cl)cc(Cl)c2)sc2c1CCCC2.O=S(=O)(Cl)c1cc(Cl)cc(Cl)c1. The van der Waals surface area contributed by atoms with Crippen molar-refractivity contribution >= 4 is 176 Å². The summed E-state index contributed by atoms with van der Waals surface area (Å²) in [5.74, 6) is -1.89. The van der Waals surface area contributed by atoms with E-state index >= 15 is 0 Å². The molecule has 0 fully saturated rings. The number of carboxylic acids is 1. The molecule has 28 heteroatoms. The van der Waals surface area contributed by atoms with Gasteiger partial charge in [-0.05, 0) is 162 Å². The van der Waals surface area contributed by atoms with Crippen molar-refractivity contribution in [2.75, 3.05) is 28.4 Å². The third kappa shape index (κ3) is 16.5. The van der Waals surface area contributed by atoms with Gasteiger partial charge in [0.1, 0.15) is 15.0 Å². The summed E-state index contributed by atoms with van der Waals surface area (Å²) in [6.07, 6.45) is 11.2. The number of hydrogen-bond donors (Lipinski definition) is 4. The molecule has 3 heterocycles. The number of hydrogen-bond acceptors (Lipinski definition) is 15. The van der Waals surface area contributed by atoms with Crippen LogP contribution in [-0.4, -0.2) is 61.5 Å². The molecule has 3 aliphatic carbocycles. The first-order valence-corrected chi connectivity index (χ1v) is 33.4. The predicted octanol–water partition coefficient (Wildman–Crippen LogP) is 14.7. The van der Waals surface area contributed by atoms with Gasteiger partial charge in [-0.2, -0.15) is 0 Å². The fourth-order valence-electron chi connectivity index (χ4n) is 8.33. The van der Waals surface area contributed by atoms with Gasteiger partial charge in [-0.3, -0.25) is 9.44 Å². The molecule has 15 nitrogen and oxygen atoms in total. The Balaban J connectivity index is 0.000000174. The summed E-state index contributed by atoms with van der Waals surface area (Å²) >= 11 is 38.7. The highest BCUT2D eigenvalue weighted by Crippen LogP contribution is 2.42. The molecule has 0 atom stereocenters. The maximum atomic E-state index is 12.8. The number of carbonyl (C=O) groups excluding carboxylic acids is 2. The van der Waals surface area contributed by atoms with Crippen LogP contribution in [0.5, 0.6) is 0 Å². The Labute approximate surface area is 492 Å². The van der Waals surface area contributed by atoms with Gasteiger partial charge in [0.25, 0.3) is 29.1 Å². The zero-order chi connectivity index (χ0) is 56.6. The van der Waals surface area contributed by atoms with Crippen molar-refractivity contribution in [3.05, 3.63) is 133 Å². The van der Waals surface area contributed by atoms with E-state index in [4.69, 9.17) is 95.5 Å². The van der Waals surface area contributed by atoms with Crippen LogP contribution in [0, 0.1) is 0 Å². The summed E-state index contributed by atoms with van der Waals surface area (Å²) in [5, 5.41) is 11.8. The van der Waals surface area contributed by atoms with Crippen LogP contribution in [0.1, 0.15) is 115 Å². The van der Waals surface area contributed by atoms with Crippen molar-refractivity contribution in [3.63, 3.8) is 0 Å². The molecule has 6 aromatic rings. The van der Waals surface area contributed by atoms with E-state index in [-0.39, 0.29) is 73.0 Å². The molecule has 0 spiro atoms. The molecule has 0 saturated heterocycles. The van der Waals surface area contributed by atoms with Crippen LogP contribution in [-0.2, 0) is 77.1 Å². The number of anilines is 3. The summed E-state index contributed by atoms with van der Waals surface area (Å²) in [6.45, 7) is 4.16. The second kappa shape index (κ2) is 27.3. The average molecular weight is 1310 g/mol. The fraction of sp³-hybridized carbons (Fsp3) is 0.327. The maximum Gasteiger partial charge on any atom is 0.341 e. The number of aryl methyl sites for hydroxylation is 3. The van der Waals surface area contributed by atoms with Crippen molar-refractivity contribution in [3.8, 4) is 0 Å². The summed E-state index contributed by atoms with van der Waals surface area (Å²) in [6, 6.07) is 11.9. The number of thiophene rings is 3. The van der Waals surface area contributed by atoms with E-state index < -0.39 is 41.0 Å². The highest BCUT2D eigenvalue weighted by Gasteiger charge is 2.31. The van der Waals surface area contributed by atoms with Gasteiger partial charge in [0.15, 0.2) is 0 Å². The topological polar surface area (TPSA) is 242 Å². The van der Waals surface area contributed by atoms with E-state index in [1.54, 1.807) is 18.3 Å². The lowest BCUT2D eigenvalue weighted by Crippen LogP contribution is -2.16. The summed E-state index contributed by atoms with van der Waals surface area (Å²) in [5.41, 5.74) is 9.64. The van der Waals surface area contributed by atoms with Crippen LogP contribution in [0.2, 0.25) is 30.1 Å². The third-order valence-corrected chi connectivity index (χ3v) is 20.7. The Kier molecular flexibility index (Phi) is 22.2. The highest BCUT2D eigenvalue weighted by molar-refractivity contribution is 8.13. The Hall–Kier alpha value is -3.55. The highest BCUT2D eigenvalue weighted by atomic mass is 35.7. The molecule has 0 radical (unpaired) electrons. The lowest BCUT2D eigenvalue weighted by molar-refractivity contribution is 0.0517. The van der Waals surface area contributed by atoms with Gasteiger partial charge in [0.2, 0.25) is 0 Å².